The lowest BCUT2D eigenvalue weighted by atomic mass is 10.1. The van der Waals surface area contributed by atoms with Gasteiger partial charge in [-0.2, -0.15) is 5.10 Å². The Hall–Kier alpha value is -3.92. The minimum Gasteiger partial charge on any atom is -0.495 e. The van der Waals surface area contributed by atoms with E-state index in [0.29, 0.717) is 22.7 Å². The minimum absolute atomic E-state index is 0.104. The van der Waals surface area contributed by atoms with E-state index in [1.165, 1.54) is 14.2 Å². The van der Waals surface area contributed by atoms with Gasteiger partial charge in [0.1, 0.15) is 16.9 Å². The van der Waals surface area contributed by atoms with Crippen molar-refractivity contribution in [2.24, 2.45) is 5.10 Å². The van der Waals surface area contributed by atoms with Gasteiger partial charge in [-0.3, -0.25) is 14.4 Å². The molecule has 0 unspecified atom stereocenters. The number of rotatable bonds is 8. The number of methoxy groups -OCH3 is 2. The van der Waals surface area contributed by atoms with Crippen molar-refractivity contribution in [1.82, 2.24) is 10.7 Å². The molecule has 1 heterocycles. The van der Waals surface area contributed by atoms with Crippen molar-refractivity contribution in [2.45, 2.75) is 13.3 Å². The van der Waals surface area contributed by atoms with Crippen LogP contribution in [0.1, 0.15) is 13.3 Å². The van der Waals surface area contributed by atoms with E-state index < -0.39 is 11.8 Å². The second-order valence-electron chi connectivity index (χ2n) is 6.91. The number of para-hydroxylation sites is 1. The second-order valence-corrected chi connectivity index (χ2v) is 6.91. The van der Waals surface area contributed by atoms with E-state index >= 15 is 0 Å². The predicted octanol–water partition coefficient (Wildman–Crippen LogP) is 2.18. The molecule has 0 aliphatic rings. The number of furan rings is 1. The summed E-state index contributed by atoms with van der Waals surface area (Å²) in [5, 5.41) is 10.7. The number of nitrogens with zero attached hydrogens (tertiary/aromatic N) is 1. The third-order valence-electron chi connectivity index (χ3n) is 4.54. The van der Waals surface area contributed by atoms with Crippen molar-refractivity contribution in [3.05, 3.63) is 36.4 Å². The van der Waals surface area contributed by atoms with Crippen LogP contribution >= 0.6 is 0 Å². The van der Waals surface area contributed by atoms with Gasteiger partial charge in [-0.1, -0.05) is 18.2 Å². The summed E-state index contributed by atoms with van der Waals surface area (Å²) in [6.07, 6.45) is -0.104. The molecule has 3 aromatic rings. The Morgan fingerprint density at radius 2 is 1.81 bits per heavy atom. The number of ether oxygens (including phenoxy) is 2. The third-order valence-corrected chi connectivity index (χ3v) is 4.54. The molecule has 3 amide bonds. The van der Waals surface area contributed by atoms with Crippen molar-refractivity contribution < 1.29 is 28.3 Å². The van der Waals surface area contributed by atoms with E-state index in [2.05, 4.69) is 21.2 Å². The van der Waals surface area contributed by atoms with Gasteiger partial charge in [0.2, 0.25) is 5.91 Å². The SMILES string of the molecule is COCCNC(=O)C(=O)N/N=C(/C)CC(=O)Nc1cc2oc3ccccc3c2cc1OC. The molecule has 0 aliphatic carbocycles. The van der Waals surface area contributed by atoms with Gasteiger partial charge < -0.3 is 24.5 Å². The number of nitrogens with one attached hydrogen (secondary N) is 3. The molecule has 168 valence electrons. The van der Waals surface area contributed by atoms with Crippen LogP contribution in [-0.2, 0) is 19.1 Å². The fourth-order valence-electron chi connectivity index (χ4n) is 3.03. The maximum absolute atomic E-state index is 12.5. The van der Waals surface area contributed by atoms with Crippen molar-refractivity contribution >= 4 is 51.1 Å². The molecule has 2 aromatic carbocycles. The molecule has 3 N–H and O–H groups in total. The summed E-state index contributed by atoms with van der Waals surface area (Å²) in [5.41, 5.74) is 4.21. The summed E-state index contributed by atoms with van der Waals surface area (Å²) in [6, 6.07) is 11.1. The van der Waals surface area contributed by atoms with Crippen LogP contribution in [0.5, 0.6) is 5.75 Å². The molecule has 32 heavy (non-hydrogen) atoms. The zero-order chi connectivity index (χ0) is 23.1. The predicted molar refractivity (Wildman–Crippen MR) is 120 cm³/mol. The Kier molecular flexibility index (Phi) is 7.40. The quantitative estimate of drug-likeness (QED) is 0.213. The van der Waals surface area contributed by atoms with Gasteiger partial charge in [0.15, 0.2) is 0 Å². The summed E-state index contributed by atoms with van der Waals surface area (Å²) in [7, 11) is 2.99. The van der Waals surface area contributed by atoms with E-state index in [1.807, 2.05) is 24.3 Å². The van der Waals surface area contributed by atoms with E-state index in [4.69, 9.17) is 13.9 Å². The molecule has 0 saturated heterocycles. The van der Waals surface area contributed by atoms with Crippen molar-refractivity contribution in [3.63, 3.8) is 0 Å². The molecule has 0 radical (unpaired) electrons. The number of anilines is 1. The number of carbonyl (C=O) groups is 3. The summed E-state index contributed by atoms with van der Waals surface area (Å²) < 4.78 is 16.1. The standard InChI is InChI=1S/C22H24N4O6/c1-13(25-26-22(29)21(28)23-8-9-30-2)10-20(27)24-16-12-18-15(11-19(16)31-3)14-6-4-5-7-17(14)32-18/h4-7,11-12H,8-10H2,1-3H3,(H,23,28)(H,24,27)(H,26,29)/b25-13-. The van der Waals surface area contributed by atoms with Gasteiger partial charge in [-0.05, 0) is 19.1 Å². The van der Waals surface area contributed by atoms with E-state index in [1.54, 1.807) is 19.1 Å². The molecule has 0 aliphatic heterocycles. The van der Waals surface area contributed by atoms with Gasteiger partial charge in [-0.25, -0.2) is 5.43 Å². The first-order valence-corrected chi connectivity index (χ1v) is 9.82. The number of benzene rings is 2. The number of amides is 3. The number of hydrazone groups is 1. The fraction of sp³-hybridized carbons (Fsp3) is 0.273. The largest absolute Gasteiger partial charge is 0.495 e. The molecule has 3 rings (SSSR count). The molecule has 0 fully saturated rings. The lowest BCUT2D eigenvalue weighted by Crippen LogP contribution is -2.39. The molecular formula is C22H24N4O6. The fourth-order valence-corrected chi connectivity index (χ4v) is 3.03. The number of hydrogen-bond acceptors (Lipinski definition) is 7. The Morgan fingerprint density at radius 1 is 1.03 bits per heavy atom. The molecule has 1 aromatic heterocycles. The summed E-state index contributed by atoms with van der Waals surface area (Å²) in [6.45, 7) is 2.04. The Balaban J connectivity index is 1.64. The first kappa shape index (κ1) is 22.8. The molecule has 0 atom stereocenters. The summed E-state index contributed by atoms with van der Waals surface area (Å²) in [4.78, 5) is 35.8. The van der Waals surface area contributed by atoms with Gasteiger partial charge >= 0.3 is 11.8 Å². The highest BCUT2D eigenvalue weighted by Crippen LogP contribution is 2.36. The van der Waals surface area contributed by atoms with Gasteiger partial charge in [0.05, 0.1) is 25.8 Å². The lowest BCUT2D eigenvalue weighted by Gasteiger charge is -2.10. The minimum atomic E-state index is -0.933. The van der Waals surface area contributed by atoms with E-state index in [-0.39, 0.29) is 25.5 Å². The molecule has 0 bridgehead atoms. The van der Waals surface area contributed by atoms with Gasteiger partial charge in [0, 0.05) is 36.2 Å². The first-order chi connectivity index (χ1) is 15.4. The van der Waals surface area contributed by atoms with Crippen LogP contribution in [0.4, 0.5) is 5.69 Å². The Labute approximate surface area is 183 Å². The number of hydrogen-bond donors (Lipinski definition) is 3. The van der Waals surface area contributed by atoms with Gasteiger partial charge in [0.25, 0.3) is 0 Å². The van der Waals surface area contributed by atoms with Crippen molar-refractivity contribution in [3.8, 4) is 5.75 Å². The highest BCUT2D eigenvalue weighted by Gasteiger charge is 2.15. The van der Waals surface area contributed by atoms with Gasteiger partial charge in [-0.15, -0.1) is 0 Å². The normalized spacial score (nSPS) is 11.4. The second kappa shape index (κ2) is 10.4. The number of fused-ring (bicyclic) bond motifs is 3. The summed E-state index contributed by atoms with van der Waals surface area (Å²) >= 11 is 0. The molecular weight excluding hydrogens is 416 g/mol. The average Bonchev–Trinajstić information content (AvgIpc) is 3.14. The van der Waals surface area contributed by atoms with E-state index in [9.17, 15) is 14.4 Å². The zero-order valence-corrected chi connectivity index (χ0v) is 18.0. The number of carbonyl (C=O) groups excluding carboxylic acids is 3. The van der Waals surface area contributed by atoms with Crippen LogP contribution < -0.4 is 20.8 Å². The first-order valence-electron chi connectivity index (χ1n) is 9.82. The van der Waals surface area contributed by atoms with Crippen molar-refractivity contribution in [2.75, 3.05) is 32.7 Å². The van der Waals surface area contributed by atoms with Crippen LogP contribution in [0.3, 0.4) is 0 Å². The monoisotopic (exact) mass is 440 g/mol. The summed E-state index contributed by atoms with van der Waals surface area (Å²) in [5.74, 6) is -1.67. The highest BCUT2D eigenvalue weighted by atomic mass is 16.5. The van der Waals surface area contributed by atoms with Crippen LogP contribution in [0, 0.1) is 0 Å². The molecule has 0 spiro atoms. The van der Waals surface area contributed by atoms with E-state index in [0.717, 1.165) is 16.4 Å². The maximum Gasteiger partial charge on any atom is 0.329 e. The Morgan fingerprint density at radius 3 is 2.56 bits per heavy atom. The lowest BCUT2D eigenvalue weighted by molar-refractivity contribution is -0.139. The maximum atomic E-state index is 12.5. The van der Waals surface area contributed by atoms with Crippen LogP contribution in [0.15, 0.2) is 45.9 Å². The average molecular weight is 440 g/mol. The van der Waals surface area contributed by atoms with Crippen LogP contribution in [-0.4, -0.2) is 50.8 Å². The highest BCUT2D eigenvalue weighted by molar-refractivity contribution is 6.35. The molecule has 10 nitrogen and oxygen atoms in total. The zero-order valence-electron chi connectivity index (χ0n) is 18.0. The third kappa shape index (κ3) is 5.41. The molecule has 10 heteroatoms. The van der Waals surface area contributed by atoms with Crippen LogP contribution in [0.2, 0.25) is 0 Å². The van der Waals surface area contributed by atoms with Crippen LogP contribution in [0.25, 0.3) is 21.9 Å². The Bertz CT molecular complexity index is 1180. The topological polar surface area (TPSA) is 131 Å². The van der Waals surface area contributed by atoms with Crippen molar-refractivity contribution in [1.29, 1.82) is 0 Å². The molecule has 0 saturated carbocycles. The smallest absolute Gasteiger partial charge is 0.329 e.